The first kappa shape index (κ1) is 17.5. The largest absolute Gasteiger partial charge is 0.491 e. The smallest absolute Gasteiger partial charge is 0.232 e. The molecule has 1 atom stereocenters. The van der Waals surface area contributed by atoms with E-state index in [0.29, 0.717) is 29.9 Å². The summed E-state index contributed by atoms with van der Waals surface area (Å²) in [5.41, 5.74) is 1.78. The Kier molecular flexibility index (Phi) is 4.26. The number of nitrogens with one attached hydrogen (secondary N) is 1. The molecule has 1 aliphatic carbocycles. The summed E-state index contributed by atoms with van der Waals surface area (Å²) in [6, 6.07) is 1.98. The normalized spacial score (nSPS) is 23.4. The molecule has 0 amide bonds. The maximum atomic E-state index is 6.27. The van der Waals surface area contributed by atoms with E-state index in [0.717, 1.165) is 18.7 Å². The van der Waals surface area contributed by atoms with Crippen LogP contribution in [0.25, 0.3) is 11.5 Å². The Morgan fingerprint density at radius 2 is 2.15 bits per heavy atom. The average molecular weight is 356 g/mol. The number of ether oxygens (including phenoxy) is 1. The molecule has 6 nitrogen and oxygen atoms in total. The van der Waals surface area contributed by atoms with Crippen molar-refractivity contribution in [1.82, 2.24) is 20.4 Å². The van der Waals surface area contributed by atoms with E-state index in [2.05, 4.69) is 48.1 Å². The van der Waals surface area contributed by atoms with Crippen LogP contribution in [-0.2, 0) is 5.41 Å². The van der Waals surface area contributed by atoms with Crippen molar-refractivity contribution < 1.29 is 9.26 Å². The van der Waals surface area contributed by atoms with Gasteiger partial charge in [0.1, 0.15) is 18.1 Å². The molecule has 1 saturated carbocycles. The van der Waals surface area contributed by atoms with Gasteiger partial charge in [-0.2, -0.15) is 4.98 Å². The van der Waals surface area contributed by atoms with E-state index < -0.39 is 0 Å². The Hall–Kier alpha value is -1.95. The molecule has 3 heterocycles. The van der Waals surface area contributed by atoms with Crippen LogP contribution >= 0.6 is 0 Å². The van der Waals surface area contributed by atoms with Gasteiger partial charge in [0.2, 0.25) is 11.7 Å². The number of hydrogen-bond donors (Lipinski definition) is 1. The van der Waals surface area contributed by atoms with Crippen molar-refractivity contribution in [2.75, 3.05) is 13.2 Å². The van der Waals surface area contributed by atoms with Crippen molar-refractivity contribution in [2.45, 2.75) is 70.3 Å². The lowest BCUT2D eigenvalue weighted by Crippen LogP contribution is -2.42. The first-order valence-electron chi connectivity index (χ1n) is 9.56. The van der Waals surface area contributed by atoms with Crippen molar-refractivity contribution in [3.63, 3.8) is 0 Å². The molecule has 6 heteroatoms. The zero-order valence-corrected chi connectivity index (χ0v) is 16.1. The van der Waals surface area contributed by atoms with E-state index in [1.54, 1.807) is 0 Å². The molecule has 1 N–H and O–H groups in total. The fraction of sp³-hybridized carbons (Fsp3) is 0.650. The second-order valence-electron chi connectivity index (χ2n) is 8.93. The number of rotatable bonds is 5. The lowest BCUT2D eigenvalue weighted by atomic mass is 9.97. The highest BCUT2D eigenvalue weighted by atomic mass is 16.5. The zero-order chi connectivity index (χ0) is 18.4. The highest BCUT2D eigenvalue weighted by Gasteiger charge is 2.32. The molecule has 0 aromatic carbocycles. The number of nitrogens with zero attached hydrogens (tertiary/aromatic N) is 3. The van der Waals surface area contributed by atoms with Crippen LogP contribution in [0.4, 0.5) is 0 Å². The van der Waals surface area contributed by atoms with Crippen LogP contribution in [0.5, 0.6) is 5.75 Å². The summed E-state index contributed by atoms with van der Waals surface area (Å²) in [6.07, 6.45) is 6.70. The lowest BCUT2D eigenvalue weighted by Gasteiger charge is -2.25. The molecule has 2 fully saturated rings. The summed E-state index contributed by atoms with van der Waals surface area (Å²) in [5, 5.41) is 7.67. The number of pyridine rings is 1. The van der Waals surface area contributed by atoms with Crippen LogP contribution < -0.4 is 10.1 Å². The van der Waals surface area contributed by atoms with E-state index in [1.165, 1.54) is 24.8 Å². The van der Waals surface area contributed by atoms with Crippen molar-refractivity contribution in [1.29, 1.82) is 0 Å². The fourth-order valence-corrected chi connectivity index (χ4v) is 3.35. The molecular formula is C20H28N4O2. The van der Waals surface area contributed by atoms with Crippen LogP contribution in [0.1, 0.15) is 70.8 Å². The molecule has 0 radical (unpaired) electrons. The highest BCUT2D eigenvalue weighted by Crippen LogP contribution is 2.45. The third kappa shape index (κ3) is 3.61. The summed E-state index contributed by atoms with van der Waals surface area (Å²) < 4.78 is 11.7. The minimum atomic E-state index is -0.179. The van der Waals surface area contributed by atoms with Crippen LogP contribution in [0.2, 0.25) is 0 Å². The molecule has 2 aromatic heterocycles. The third-order valence-electron chi connectivity index (χ3n) is 5.21. The van der Waals surface area contributed by atoms with Gasteiger partial charge in [-0.3, -0.25) is 4.98 Å². The standard InChI is InChI=1S/C20H28N4O2/c1-19(2,3)18-23-17(24-26-18)15-10-16(14(11-21-15)13-6-7-13)25-12-20(4)8-5-9-22-20/h10-11,13,22H,5-9,12H2,1-4H3/t20-/m0/s1. The zero-order valence-electron chi connectivity index (χ0n) is 16.1. The maximum absolute atomic E-state index is 6.27. The Bertz CT molecular complexity index is 783. The number of aromatic nitrogens is 3. The van der Waals surface area contributed by atoms with E-state index in [4.69, 9.17) is 9.26 Å². The molecule has 0 unspecified atom stereocenters. The van der Waals surface area contributed by atoms with Crippen LogP contribution in [0.3, 0.4) is 0 Å². The summed E-state index contributed by atoms with van der Waals surface area (Å²) >= 11 is 0. The van der Waals surface area contributed by atoms with Gasteiger partial charge in [-0.15, -0.1) is 0 Å². The van der Waals surface area contributed by atoms with E-state index in [9.17, 15) is 0 Å². The predicted molar refractivity (Wildman–Crippen MR) is 99.3 cm³/mol. The Morgan fingerprint density at radius 3 is 2.77 bits per heavy atom. The van der Waals surface area contributed by atoms with Crippen LogP contribution in [0.15, 0.2) is 16.8 Å². The third-order valence-corrected chi connectivity index (χ3v) is 5.21. The molecule has 1 aliphatic heterocycles. The highest BCUT2D eigenvalue weighted by molar-refractivity contribution is 5.54. The molecule has 0 bridgehead atoms. The lowest BCUT2D eigenvalue weighted by molar-refractivity contribution is 0.211. The monoisotopic (exact) mass is 356 g/mol. The maximum Gasteiger partial charge on any atom is 0.232 e. The van der Waals surface area contributed by atoms with Crippen LogP contribution in [0, 0.1) is 0 Å². The summed E-state index contributed by atoms with van der Waals surface area (Å²) in [5.74, 6) is 2.62. The van der Waals surface area contributed by atoms with Crippen LogP contribution in [-0.4, -0.2) is 33.8 Å². The Balaban J connectivity index is 1.59. The summed E-state index contributed by atoms with van der Waals surface area (Å²) in [6.45, 7) is 10.1. The minimum Gasteiger partial charge on any atom is -0.491 e. The topological polar surface area (TPSA) is 73.1 Å². The molecule has 0 spiro atoms. The molecular weight excluding hydrogens is 328 g/mol. The van der Waals surface area contributed by atoms with Crippen molar-refractivity contribution >= 4 is 0 Å². The second kappa shape index (κ2) is 6.34. The van der Waals surface area contributed by atoms with Crippen molar-refractivity contribution in [3.05, 3.63) is 23.7 Å². The summed E-state index contributed by atoms with van der Waals surface area (Å²) in [4.78, 5) is 9.11. The van der Waals surface area contributed by atoms with E-state index in [1.807, 2.05) is 12.3 Å². The van der Waals surface area contributed by atoms with Gasteiger partial charge in [0.05, 0.1) is 0 Å². The van der Waals surface area contributed by atoms with Crippen molar-refractivity contribution in [2.24, 2.45) is 0 Å². The van der Waals surface area contributed by atoms with E-state index in [-0.39, 0.29) is 11.0 Å². The Labute approximate surface area is 154 Å². The first-order valence-corrected chi connectivity index (χ1v) is 9.56. The van der Waals surface area contributed by atoms with Gasteiger partial charge in [0, 0.05) is 28.8 Å². The molecule has 1 saturated heterocycles. The van der Waals surface area contributed by atoms with Gasteiger partial charge in [0.25, 0.3) is 0 Å². The molecule has 26 heavy (non-hydrogen) atoms. The first-order chi connectivity index (χ1) is 12.3. The van der Waals surface area contributed by atoms with Gasteiger partial charge >= 0.3 is 0 Å². The van der Waals surface area contributed by atoms with Crippen molar-refractivity contribution in [3.8, 4) is 17.3 Å². The second-order valence-corrected chi connectivity index (χ2v) is 8.93. The van der Waals surface area contributed by atoms with Gasteiger partial charge < -0.3 is 14.6 Å². The SMILES string of the molecule is CC(C)(C)c1nc(-c2cc(OC[C@]3(C)CCCN3)c(C3CC3)cn2)no1. The van der Waals surface area contributed by atoms with Gasteiger partial charge in [-0.1, -0.05) is 25.9 Å². The quantitative estimate of drug-likeness (QED) is 0.878. The molecule has 140 valence electrons. The average Bonchev–Trinajstić information content (AvgIpc) is 3.13. The molecule has 4 rings (SSSR count). The van der Waals surface area contributed by atoms with Gasteiger partial charge in [-0.25, -0.2) is 0 Å². The van der Waals surface area contributed by atoms with E-state index >= 15 is 0 Å². The van der Waals surface area contributed by atoms with Gasteiger partial charge in [0.15, 0.2) is 0 Å². The predicted octanol–water partition coefficient (Wildman–Crippen LogP) is 3.83. The number of hydrogen-bond acceptors (Lipinski definition) is 6. The molecule has 2 aromatic rings. The Morgan fingerprint density at radius 1 is 1.35 bits per heavy atom. The molecule has 2 aliphatic rings. The fourth-order valence-electron chi connectivity index (χ4n) is 3.35. The summed E-state index contributed by atoms with van der Waals surface area (Å²) in [7, 11) is 0. The van der Waals surface area contributed by atoms with Gasteiger partial charge in [-0.05, 0) is 45.1 Å². The minimum absolute atomic E-state index is 0.0514.